The number of furan rings is 1. The van der Waals surface area contributed by atoms with Gasteiger partial charge in [0.25, 0.3) is 5.91 Å². The van der Waals surface area contributed by atoms with Gasteiger partial charge in [0.15, 0.2) is 6.10 Å². The SMILES string of the molecule is Cc1oc(CNC(=O)CCN2C(=O)[C@H](C)Oc3ccccc32)cc1C(=O)O. The van der Waals surface area contributed by atoms with Crippen LogP contribution in [0.15, 0.2) is 34.7 Å². The fraction of sp³-hybridized carbons (Fsp3) is 0.316. The van der Waals surface area contributed by atoms with Crippen LogP contribution in [0.5, 0.6) is 5.75 Å². The van der Waals surface area contributed by atoms with Crippen LogP contribution in [-0.2, 0) is 16.1 Å². The number of hydrogen-bond acceptors (Lipinski definition) is 5. The van der Waals surface area contributed by atoms with E-state index in [-0.39, 0.29) is 42.6 Å². The summed E-state index contributed by atoms with van der Waals surface area (Å²) in [6, 6.07) is 8.57. The first-order chi connectivity index (χ1) is 12.9. The van der Waals surface area contributed by atoms with Crippen LogP contribution in [0.3, 0.4) is 0 Å². The Bertz CT molecular complexity index is 888. The Morgan fingerprint density at radius 2 is 2.04 bits per heavy atom. The Hall–Kier alpha value is -3.29. The van der Waals surface area contributed by atoms with Crippen LogP contribution in [-0.4, -0.2) is 35.5 Å². The number of fused-ring (bicyclic) bond motifs is 1. The van der Waals surface area contributed by atoms with Crippen molar-refractivity contribution in [1.82, 2.24) is 5.32 Å². The molecule has 1 aromatic carbocycles. The zero-order valence-electron chi connectivity index (χ0n) is 15.0. The lowest BCUT2D eigenvalue weighted by Crippen LogP contribution is -2.45. The van der Waals surface area contributed by atoms with Gasteiger partial charge in [-0.05, 0) is 32.0 Å². The lowest BCUT2D eigenvalue weighted by molar-refractivity contribution is -0.125. The van der Waals surface area contributed by atoms with Crippen LogP contribution >= 0.6 is 0 Å². The van der Waals surface area contributed by atoms with Gasteiger partial charge in [0, 0.05) is 13.0 Å². The molecule has 0 saturated carbocycles. The van der Waals surface area contributed by atoms with Crippen molar-refractivity contribution in [3.63, 3.8) is 0 Å². The fourth-order valence-electron chi connectivity index (χ4n) is 2.92. The second-order valence-corrected chi connectivity index (χ2v) is 6.23. The number of aromatic carboxylic acids is 1. The van der Waals surface area contributed by atoms with Gasteiger partial charge in [-0.2, -0.15) is 0 Å². The number of aryl methyl sites for hydroxylation is 1. The molecule has 8 nitrogen and oxygen atoms in total. The summed E-state index contributed by atoms with van der Waals surface area (Å²) in [5, 5.41) is 11.7. The Balaban J connectivity index is 1.58. The summed E-state index contributed by atoms with van der Waals surface area (Å²) in [5.41, 5.74) is 0.713. The molecule has 1 atom stereocenters. The highest BCUT2D eigenvalue weighted by molar-refractivity contribution is 6.00. The van der Waals surface area contributed by atoms with Gasteiger partial charge in [0.1, 0.15) is 22.8 Å². The highest BCUT2D eigenvalue weighted by Crippen LogP contribution is 2.33. The number of rotatable bonds is 6. The van der Waals surface area contributed by atoms with Crippen molar-refractivity contribution in [3.8, 4) is 5.75 Å². The minimum atomic E-state index is -1.08. The number of nitrogens with one attached hydrogen (secondary N) is 1. The quantitative estimate of drug-likeness (QED) is 0.804. The Morgan fingerprint density at radius 3 is 2.74 bits per heavy atom. The van der Waals surface area contributed by atoms with Crippen LogP contribution in [0.1, 0.15) is 35.2 Å². The lowest BCUT2D eigenvalue weighted by atomic mass is 10.1. The van der Waals surface area contributed by atoms with E-state index in [1.807, 2.05) is 6.07 Å². The molecule has 1 aliphatic rings. The van der Waals surface area contributed by atoms with Crippen LogP contribution in [0, 0.1) is 6.92 Å². The maximum absolute atomic E-state index is 12.4. The molecule has 2 heterocycles. The number of benzene rings is 1. The van der Waals surface area contributed by atoms with Crippen molar-refractivity contribution in [2.45, 2.75) is 32.9 Å². The number of ether oxygens (including phenoxy) is 1. The van der Waals surface area contributed by atoms with E-state index in [0.717, 1.165) is 0 Å². The molecule has 3 rings (SSSR count). The standard InChI is InChI=1S/C19H20N2O6/c1-11-14(19(24)25)9-13(26-11)10-20-17(22)7-8-21-15-5-3-4-6-16(15)27-12(2)18(21)23/h3-6,9,12H,7-8,10H2,1-2H3,(H,20,22)(H,24,25)/t12-/m0/s1. The molecule has 0 unspecified atom stereocenters. The number of carbonyl (C=O) groups is 3. The van der Waals surface area contributed by atoms with Crippen LogP contribution in [0.4, 0.5) is 5.69 Å². The van der Waals surface area contributed by atoms with E-state index < -0.39 is 12.1 Å². The third kappa shape index (κ3) is 3.94. The number of carbonyl (C=O) groups excluding carboxylic acids is 2. The van der Waals surface area contributed by atoms with E-state index in [2.05, 4.69) is 5.32 Å². The molecular weight excluding hydrogens is 352 g/mol. The van der Waals surface area contributed by atoms with Gasteiger partial charge in [0.2, 0.25) is 5.91 Å². The molecule has 0 saturated heterocycles. The number of anilines is 1. The summed E-state index contributed by atoms with van der Waals surface area (Å²) in [6.07, 6.45) is -0.512. The molecule has 0 spiro atoms. The predicted molar refractivity (Wildman–Crippen MR) is 95.8 cm³/mol. The monoisotopic (exact) mass is 372 g/mol. The average Bonchev–Trinajstić information content (AvgIpc) is 3.01. The number of amides is 2. The Kier molecular flexibility index (Phi) is 5.16. The number of para-hydroxylation sites is 2. The van der Waals surface area contributed by atoms with Gasteiger partial charge < -0.3 is 24.5 Å². The highest BCUT2D eigenvalue weighted by atomic mass is 16.5. The summed E-state index contributed by atoms with van der Waals surface area (Å²) in [4.78, 5) is 37.1. The van der Waals surface area contributed by atoms with Crippen LogP contribution < -0.4 is 15.0 Å². The van der Waals surface area contributed by atoms with E-state index in [4.69, 9.17) is 14.3 Å². The molecule has 2 amide bonds. The number of carboxylic acids is 1. The first-order valence-electron chi connectivity index (χ1n) is 8.53. The molecule has 0 bridgehead atoms. The minimum Gasteiger partial charge on any atom is -0.479 e. The second kappa shape index (κ2) is 7.53. The largest absolute Gasteiger partial charge is 0.479 e. The first-order valence-corrected chi connectivity index (χ1v) is 8.53. The van der Waals surface area contributed by atoms with Crippen molar-refractivity contribution >= 4 is 23.5 Å². The zero-order valence-corrected chi connectivity index (χ0v) is 15.0. The highest BCUT2D eigenvalue weighted by Gasteiger charge is 2.31. The third-order valence-electron chi connectivity index (χ3n) is 4.30. The molecule has 8 heteroatoms. The normalized spacial score (nSPS) is 15.9. The van der Waals surface area contributed by atoms with Crippen molar-refractivity contribution in [1.29, 1.82) is 0 Å². The maximum Gasteiger partial charge on any atom is 0.339 e. The summed E-state index contributed by atoms with van der Waals surface area (Å²) in [7, 11) is 0. The first kappa shape index (κ1) is 18.5. The van der Waals surface area contributed by atoms with Gasteiger partial charge in [-0.25, -0.2) is 4.79 Å². The Morgan fingerprint density at radius 1 is 1.30 bits per heavy atom. The Labute approximate surface area is 155 Å². The zero-order chi connectivity index (χ0) is 19.6. The van der Waals surface area contributed by atoms with Gasteiger partial charge in [-0.3, -0.25) is 9.59 Å². The van der Waals surface area contributed by atoms with Crippen LogP contribution in [0.25, 0.3) is 0 Å². The molecule has 0 radical (unpaired) electrons. The molecule has 1 aliphatic heterocycles. The van der Waals surface area contributed by atoms with E-state index >= 15 is 0 Å². The summed E-state index contributed by atoms with van der Waals surface area (Å²) in [6.45, 7) is 3.52. The average molecular weight is 372 g/mol. The van der Waals surface area contributed by atoms with E-state index in [9.17, 15) is 14.4 Å². The number of carboxylic acid groups (broad SMARTS) is 1. The third-order valence-corrected chi connectivity index (χ3v) is 4.30. The van der Waals surface area contributed by atoms with E-state index in [1.165, 1.54) is 6.07 Å². The molecular formula is C19H20N2O6. The molecule has 0 fully saturated rings. The van der Waals surface area contributed by atoms with Gasteiger partial charge in [-0.15, -0.1) is 0 Å². The number of hydrogen-bond donors (Lipinski definition) is 2. The molecule has 0 aliphatic carbocycles. The van der Waals surface area contributed by atoms with E-state index in [1.54, 1.807) is 36.9 Å². The summed E-state index contributed by atoms with van der Waals surface area (Å²) < 4.78 is 10.9. The molecule has 142 valence electrons. The molecule has 1 aromatic heterocycles. The maximum atomic E-state index is 12.4. The van der Waals surface area contributed by atoms with Gasteiger partial charge >= 0.3 is 5.97 Å². The predicted octanol–water partition coefficient (Wildman–Crippen LogP) is 2.11. The minimum absolute atomic E-state index is 0.0729. The smallest absolute Gasteiger partial charge is 0.339 e. The lowest BCUT2D eigenvalue weighted by Gasteiger charge is -2.32. The number of nitrogens with zero attached hydrogens (tertiary/aromatic N) is 1. The van der Waals surface area contributed by atoms with Crippen molar-refractivity contribution in [2.75, 3.05) is 11.4 Å². The van der Waals surface area contributed by atoms with Crippen molar-refractivity contribution < 1.29 is 28.6 Å². The topological polar surface area (TPSA) is 109 Å². The molecule has 2 aromatic rings. The van der Waals surface area contributed by atoms with Crippen molar-refractivity contribution in [3.05, 3.63) is 47.4 Å². The molecule has 27 heavy (non-hydrogen) atoms. The van der Waals surface area contributed by atoms with Gasteiger partial charge in [0.05, 0.1) is 12.2 Å². The van der Waals surface area contributed by atoms with Crippen LogP contribution in [0.2, 0.25) is 0 Å². The fourth-order valence-corrected chi connectivity index (χ4v) is 2.92. The van der Waals surface area contributed by atoms with Crippen molar-refractivity contribution in [2.24, 2.45) is 0 Å². The summed E-state index contributed by atoms with van der Waals surface area (Å²) in [5.74, 6) is -0.291. The second-order valence-electron chi connectivity index (χ2n) is 6.23. The van der Waals surface area contributed by atoms with E-state index in [0.29, 0.717) is 17.2 Å². The summed E-state index contributed by atoms with van der Waals surface area (Å²) >= 11 is 0. The molecule has 2 N–H and O–H groups in total. The van der Waals surface area contributed by atoms with Gasteiger partial charge in [-0.1, -0.05) is 12.1 Å².